The van der Waals surface area contributed by atoms with E-state index in [4.69, 9.17) is 9.72 Å². The molecule has 0 aliphatic heterocycles. The van der Waals surface area contributed by atoms with Crippen molar-refractivity contribution in [3.63, 3.8) is 0 Å². The first kappa shape index (κ1) is 15.7. The van der Waals surface area contributed by atoms with E-state index in [-0.39, 0.29) is 0 Å². The predicted molar refractivity (Wildman–Crippen MR) is 80.2 cm³/mol. The van der Waals surface area contributed by atoms with Crippen LogP contribution in [0.4, 0.5) is 11.6 Å². The van der Waals surface area contributed by atoms with E-state index in [1.807, 2.05) is 7.05 Å². The van der Waals surface area contributed by atoms with Gasteiger partial charge in [-0.2, -0.15) is 0 Å². The van der Waals surface area contributed by atoms with Gasteiger partial charge < -0.3 is 15.0 Å². The van der Waals surface area contributed by atoms with Crippen molar-refractivity contribution in [2.75, 3.05) is 44.6 Å². The Kier molecular flexibility index (Phi) is 6.02. The minimum Gasteiger partial charge on any atom is -0.385 e. The zero-order valence-corrected chi connectivity index (χ0v) is 12.9. The normalized spacial score (nSPS) is 10.9. The summed E-state index contributed by atoms with van der Waals surface area (Å²) in [6, 6.07) is 0. The third-order valence-corrected chi connectivity index (χ3v) is 3.09. The maximum absolute atomic E-state index is 5.09. The Morgan fingerprint density at radius 3 is 2.53 bits per heavy atom. The number of nitrogens with one attached hydrogen (secondary N) is 1. The molecule has 1 aromatic heterocycles. The Balaban J connectivity index is 3.00. The largest absolute Gasteiger partial charge is 0.385 e. The molecule has 0 bridgehead atoms. The van der Waals surface area contributed by atoms with Crippen molar-refractivity contribution in [1.82, 2.24) is 9.97 Å². The van der Waals surface area contributed by atoms with Gasteiger partial charge in [0, 0.05) is 45.8 Å². The second-order valence-electron chi connectivity index (χ2n) is 5.05. The molecule has 0 aliphatic carbocycles. The molecule has 0 spiro atoms. The van der Waals surface area contributed by atoms with E-state index in [9.17, 15) is 0 Å². The number of hydrogen-bond donors (Lipinski definition) is 1. The highest BCUT2D eigenvalue weighted by atomic mass is 16.5. The highest BCUT2D eigenvalue weighted by Crippen LogP contribution is 2.25. The van der Waals surface area contributed by atoms with E-state index in [1.165, 1.54) is 0 Å². The maximum Gasteiger partial charge on any atom is 0.137 e. The van der Waals surface area contributed by atoms with Crippen molar-refractivity contribution < 1.29 is 4.74 Å². The van der Waals surface area contributed by atoms with Gasteiger partial charge in [-0.25, -0.2) is 9.97 Å². The summed E-state index contributed by atoms with van der Waals surface area (Å²) < 4.78 is 5.09. The first-order valence-corrected chi connectivity index (χ1v) is 6.77. The van der Waals surface area contributed by atoms with Crippen LogP contribution in [0.25, 0.3) is 0 Å². The van der Waals surface area contributed by atoms with Crippen molar-refractivity contribution in [3.05, 3.63) is 11.4 Å². The smallest absolute Gasteiger partial charge is 0.137 e. The molecule has 0 saturated carbocycles. The van der Waals surface area contributed by atoms with E-state index >= 15 is 0 Å². The van der Waals surface area contributed by atoms with E-state index in [1.54, 1.807) is 7.11 Å². The lowest BCUT2D eigenvalue weighted by atomic mass is 10.2. The molecule has 0 unspecified atom stereocenters. The van der Waals surface area contributed by atoms with E-state index in [2.05, 4.69) is 43.0 Å². The van der Waals surface area contributed by atoms with Gasteiger partial charge in [0.1, 0.15) is 17.5 Å². The van der Waals surface area contributed by atoms with Crippen molar-refractivity contribution in [1.29, 1.82) is 0 Å². The summed E-state index contributed by atoms with van der Waals surface area (Å²) in [5.41, 5.74) is 1.09. The maximum atomic E-state index is 5.09. The average molecular weight is 266 g/mol. The van der Waals surface area contributed by atoms with Gasteiger partial charge in [0.2, 0.25) is 0 Å². The summed E-state index contributed by atoms with van der Waals surface area (Å²) in [6.45, 7) is 7.96. The summed E-state index contributed by atoms with van der Waals surface area (Å²) in [6.07, 6.45) is 0.988. The van der Waals surface area contributed by atoms with Crippen LogP contribution in [0.15, 0.2) is 0 Å². The minimum atomic E-state index is 0.318. The lowest BCUT2D eigenvalue weighted by molar-refractivity contribution is 0.196. The summed E-state index contributed by atoms with van der Waals surface area (Å²) in [4.78, 5) is 11.4. The standard InChI is InChI=1S/C14H26N4O/c1-10(2)12-16-13(15-4)11(3)14(17-12)18(5)8-7-9-19-6/h10H,7-9H2,1-6H3,(H,15,16,17). The highest BCUT2D eigenvalue weighted by Gasteiger charge is 2.15. The minimum absolute atomic E-state index is 0.318. The molecule has 5 nitrogen and oxygen atoms in total. The molecule has 1 heterocycles. The Hall–Kier alpha value is -1.36. The predicted octanol–water partition coefficient (Wildman–Crippen LogP) is 2.42. The summed E-state index contributed by atoms with van der Waals surface area (Å²) in [5, 5.41) is 3.15. The fourth-order valence-corrected chi connectivity index (χ4v) is 1.95. The molecular weight excluding hydrogens is 240 g/mol. The van der Waals surface area contributed by atoms with Crippen LogP contribution in [-0.4, -0.2) is 44.3 Å². The van der Waals surface area contributed by atoms with Gasteiger partial charge in [0.05, 0.1) is 0 Å². The number of aromatic nitrogens is 2. The molecular formula is C14H26N4O. The first-order valence-electron chi connectivity index (χ1n) is 6.77. The molecule has 19 heavy (non-hydrogen) atoms. The Labute approximate surface area is 116 Å². The molecule has 0 aromatic carbocycles. The summed E-state index contributed by atoms with van der Waals surface area (Å²) in [5.74, 6) is 3.11. The van der Waals surface area contributed by atoms with Crippen LogP contribution in [-0.2, 0) is 4.74 Å². The molecule has 1 rings (SSSR count). The molecule has 0 fully saturated rings. The Morgan fingerprint density at radius 1 is 1.32 bits per heavy atom. The second kappa shape index (κ2) is 7.28. The number of ether oxygens (including phenoxy) is 1. The molecule has 1 aromatic rings. The summed E-state index contributed by atoms with van der Waals surface area (Å²) >= 11 is 0. The van der Waals surface area contributed by atoms with Crippen LogP contribution in [0, 0.1) is 6.92 Å². The molecule has 0 atom stereocenters. The van der Waals surface area contributed by atoms with Gasteiger partial charge in [-0.15, -0.1) is 0 Å². The number of nitrogens with zero attached hydrogens (tertiary/aromatic N) is 3. The fourth-order valence-electron chi connectivity index (χ4n) is 1.95. The highest BCUT2D eigenvalue weighted by molar-refractivity contribution is 5.58. The SMILES string of the molecule is CNc1nc(C(C)C)nc(N(C)CCCOC)c1C. The van der Waals surface area contributed by atoms with E-state index < -0.39 is 0 Å². The van der Waals surface area contributed by atoms with Crippen LogP contribution in [0.2, 0.25) is 0 Å². The zero-order valence-electron chi connectivity index (χ0n) is 12.9. The number of anilines is 2. The average Bonchev–Trinajstić information content (AvgIpc) is 2.38. The number of methoxy groups -OCH3 is 1. The van der Waals surface area contributed by atoms with Gasteiger partial charge in [-0.05, 0) is 13.3 Å². The Bertz CT molecular complexity index is 407. The van der Waals surface area contributed by atoms with Crippen LogP contribution in [0.1, 0.15) is 37.6 Å². The third-order valence-electron chi connectivity index (χ3n) is 3.09. The quantitative estimate of drug-likeness (QED) is 0.768. The first-order chi connectivity index (χ1) is 9.01. The van der Waals surface area contributed by atoms with Gasteiger partial charge in [-0.1, -0.05) is 13.8 Å². The van der Waals surface area contributed by atoms with Crippen LogP contribution >= 0.6 is 0 Å². The van der Waals surface area contributed by atoms with Crippen LogP contribution in [0.5, 0.6) is 0 Å². The van der Waals surface area contributed by atoms with Gasteiger partial charge in [0.15, 0.2) is 0 Å². The van der Waals surface area contributed by atoms with Crippen molar-refractivity contribution in [2.24, 2.45) is 0 Å². The number of hydrogen-bond acceptors (Lipinski definition) is 5. The monoisotopic (exact) mass is 266 g/mol. The van der Waals surface area contributed by atoms with E-state index in [0.717, 1.165) is 42.6 Å². The molecule has 0 amide bonds. The molecule has 0 aliphatic rings. The zero-order chi connectivity index (χ0) is 14.4. The van der Waals surface area contributed by atoms with Gasteiger partial charge in [0.25, 0.3) is 0 Å². The van der Waals surface area contributed by atoms with Crippen LogP contribution < -0.4 is 10.2 Å². The lowest BCUT2D eigenvalue weighted by Crippen LogP contribution is -2.23. The lowest BCUT2D eigenvalue weighted by Gasteiger charge is -2.22. The van der Waals surface area contributed by atoms with Crippen molar-refractivity contribution in [3.8, 4) is 0 Å². The van der Waals surface area contributed by atoms with Crippen molar-refractivity contribution >= 4 is 11.6 Å². The second-order valence-corrected chi connectivity index (χ2v) is 5.05. The molecule has 108 valence electrons. The molecule has 5 heteroatoms. The fraction of sp³-hybridized carbons (Fsp3) is 0.714. The molecule has 0 radical (unpaired) electrons. The molecule has 0 saturated heterocycles. The van der Waals surface area contributed by atoms with Gasteiger partial charge >= 0.3 is 0 Å². The third kappa shape index (κ3) is 4.06. The molecule has 1 N–H and O–H groups in total. The van der Waals surface area contributed by atoms with Crippen LogP contribution in [0.3, 0.4) is 0 Å². The topological polar surface area (TPSA) is 50.3 Å². The van der Waals surface area contributed by atoms with Gasteiger partial charge in [-0.3, -0.25) is 0 Å². The Morgan fingerprint density at radius 2 is 2.00 bits per heavy atom. The van der Waals surface area contributed by atoms with E-state index in [0.29, 0.717) is 5.92 Å². The summed E-state index contributed by atoms with van der Waals surface area (Å²) in [7, 11) is 5.69. The number of rotatable bonds is 7. The van der Waals surface area contributed by atoms with Crippen molar-refractivity contribution in [2.45, 2.75) is 33.1 Å².